The predicted octanol–water partition coefficient (Wildman–Crippen LogP) is 5.24. The fourth-order valence-corrected chi connectivity index (χ4v) is 3.40. The van der Waals surface area contributed by atoms with Gasteiger partial charge in [0, 0.05) is 24.1 Å². The van der Waals surface area contributed by atoms with Gasteiger partial charge in [0.25, 0.3) is 0 Å². The average Bonchev–Trinajstić information content (AvgIpc) is 3.27. The number of carbonyl (C=O) groups excluding carboxylic acids is 1. The Kier molecular flexibility index (Phi) is 6.29. The van der Waals surface area contributed by atoms with Gasteiger partial charge in [-0.3, -0.25) is 9.47 Å². The van der Waals surface area contributed by atoms with Crippen molar-refractivity contribution in [2.45, 2.75) is 6.18 Å². The van der Waals surface area contributed by atoms with E-state index in [9.17, 15) is 27.9 Å². The number of nitrogens with one attached hydrogen (secondary N) is 2. The Morgan fingerprint density at radius 1 is 1.06 bits per heavy atom. The summed E-state index contributed by atoms with van der Waals surface area (Å²) in [6, 6.07) is 9.13. The zero-order valence-corrected chi connectivity index (χ0v) is 18.6. The summed E-state index contributed by atoms with van der Waals surface area (Å²) in [5.74, 6) is 0.121. The zero-order valence-electron chi connectivity index (χ0n) is 18.6. The van der Waals surface area contributed by atoms with Gasteiger partial charge in [-0.15, -0.1) is 0 Å². The molecule has 0 radical (unpaired) electrons. The molecule has 13 heteroatoms. The normalized spacial score (nSPS) is 11.2. The number of hydrogen-bond acceptors (Lipinski definition) is 5. The molecular weight excluding hydrogens is 479 g/mol. The fourth-order valence-electron chi connectivity index (χ4n) is 3.40. The summed E-state index contributed by atoms with van der Waals surface area (Å²) in [5.41, 5.74) is 0.603. The van der Waals surface area contributed by atoms with Crippen molar-refractivity contribution in [2.75, 3.05) is 22.6 Å². The molecule has 0 spiro atoms. The number of carboxylic acid groups (broad SMARTS) is 1. The van der Waals surface area contributed by atoms with Crippen molar-refractivity contribution in [3.8, 4) is 5.69 Å². The lowest BCUT2D eigenvalue weighted by molar-refractivity contribution is -0.137. The van der Waals surface area contributed by atoms with Crippen LogP contribution in [0.4, 0.5) is 40.0 Å². The van der Waals surface area contributed by atoms with Crippen LogP contribution in [0.15, 0.2) is 61.7 Å². The third-order valence-corrected chi connectivity index (χ3v) is 5.16. The number of alkyl halides is 3. The molecule has 0 aliphatic rings. The molecule has 4 aromatic rings. The van der Waals surface area contributed by atoms with Crippen molar-refractivity contribution < 1.29 is 27.9 Å². The van der Waals surface area contributed by atoms with Crippen molar-refractivity contribution in [1.82, 2.24) is 19.5 Å². The summed E-state index contributed by atoms with van der Waals surface area (Å²) in [5, 5.41) is 14.2. The molecule has 2 heterocycles. The van der Waals surface area contributed by atoms with Crippen LogP contribution < -0.4 is 15.5 Å². The van der Waals surface area contributed by atoms with Gasteiger partial charge < -0.3 is 15.7 Å². The zero-order chi connectivity index (χ0) is 26.0. The number of anilines is 3. The molecule has 0 saturated heterocycles. The summed E-state index contributed by atoms with van der Waals surface area (Å²) in [7, 11) is 1.34. The Labute approximate surface area is 201 Å². The van der Waals surface area contributed by atoms with Crippen molar-refractivity contribution in [2.24, 2.45) is 0 Å². The van der Waals surface area contributed by atoms with Crippen LogP contribution in [-0.4, -0.2) is 43.8 Å². The van der Waals surface area contributed by atoms with E-state index in [4.69, 9.17) is 0 Å². The van der Waals surface area contributed by atoms with Gasteiger partial charge >= 0.3 is 18.3 Å². The Bertz CT molecular complexity index is 1470. The Morgan fingerprint density at radius 3 is 2.36 bits per heavy atom. The van der Waals surface area contributed by atoms with Crippen molar-refractivity contribution in [3.63, 3.8) is 0 Å². The molecule has 0 fully saturated rings. The van der Waals surface area contributed by atoms with Gasteiger partial charge in [-0.1, -0.05) is 18.7 Å². The van der Waals surface area contributed by atoms with Crippen LogP contribution in [0, 0.1) is 0 Å². The standard InChI is InChI=1S/C23H18F3N7O3/c1-3-13-4-5-15(10-17(13)23(24,25)26)31-21(34)30-14-6-8-16(9-7-14)33-12-29-18-19(32(2)22(35)36)27-11-28-20(18)33/h3-12H,1H2,2H3,(H,35,36)(H2,30,31,34). The monoisotopic (exact) mass is 497 g/mol. The molecule has 10 nitrogen and oxygen atoms in total. The van der Waals surface area contributed by atoms with E-state index in [1.165, 1.54) is 31.8 Å². The van der Waals surface area contributed by atoms with Crippen LogP contribution in [0.2, 0.25) is 0 Å². The van der Waals surface area contributed by atoms with Crippen LogP contribution in [0.5, 0.6) is 0 Å². The lowest BCUT2D eigenvalue weighted by Crippen LogP contribution is -2.25. The molecule has 0 aliphatic heterocycles. The number of hydrogen-bond donors (Lipinski definition) is 3. The van der Waals surface area contributed by atoms with Crippen LogP contribution in [0.3, 0.4) is 0 Å². The van der Waals surface area contributed by atoms with E-state index in [0.29, 0.717) is 17.0 Å². The summed E-state index contributed by atoms with van der Waals surface area (Å²) in [4.78, 5) is 36.9. The summed E-state index contributed by atoms with van der Waals surface area (Å²) < 4.78 is 41.3. The van der Waals surface area contributed by atoms with E-state index in [1.54, 1.807) is 28.8 Å². The van der Waals surface area contributed by atoms with Crippen molar-refractivity contribution in [3.05, 3.63) is 72.8 Å². The second-order valence-corrected chi connectivity index (χ2v) is 7.46. The maximum atomic E-state index is 13.2. The molecule has 0 bridgehead atoms. The topological polar surface area (TPSA) is 125 Å². The number of fused-ring (bicyclic) bond motifs is 1. The van der Waals surface area contributed by atoms with Crippen molar-refractivity contribution >= 4 is 46.6 Å². The largest absolute Gasteiger partial charge is 0.465 e. The highest BCUT2D eigenvalue weighted by atomic mass is 19.4. The molecule has 3 amide bonds. The van der Waals surface area contributed by atoms with E-state index < -0.39 is 23.9 Å². The third kappa shape index (κ3) is 4.80. The average molecular weight is 497 g/mol. The number of imidazole rings is 1. The first-order chi connectivity index (χ1) is 17.1. The summed E-state index contributed by atoms with van der Waals surface area (Å²) >= 11 is 0. The van der Waals surface area contributed by atoms with Gasteiger partial charge in [-0.25, -0.2) is 24.5 Å². The number of urea groups is 1. The van der Waals surface area contributed by atoms with Crippen LogP contribution in [0.1, 0.15) is 11.1 Å². The quantitative estimate of drug-likeness (QED) is 0.347. The Hall–Kier alpha value is -4.94. The van der Waals surface area contributed by atoms with E-state index in [1.807, 2.05) is 0 Å². The van der Waals surface area contributed by atoms with E-state index in [0.717, 1.165) is 17.0 Å². The lowest BCUT2D eigenvalue weighted by atomic mass is 10.1. The van der Waals surface area contributed by atoms with E-state index in [-0.39, 0.29) is 22.6 Å². The van der Waals surface area contributed by atoms with Gasteiger partial charge in [0.05, 0.1) is 5.56 Å². The molecule has 2 aromatic carbocycles. The fraction of sp³-hybridized carbons (Fsp3) is 0.0870. The maximum Gasteiger partial charge on any atom is 0.417 e. The first-order valence-corrected chi connectivity index (χ1v) is 10.3. The Balaban J connectivity index is 1.51. The number of halogens is 3. The molecular formula is C23H18F3N7O3. The number of benzene rings is 2. The van der Waals surface area contributed by atoms with Gasteiger partial charge in [-0.2, -0.15) is 13.2 Å². The van der Waals surface area contributed by atoms with Crippen LogP contribution in [-0.2, 0) is 6.18 Å². The van der Waals surface area contributed by atoms with E-state index in [2.05, 4.69) is 32.2 Å². The van der Waals surface area contributed by atoms with Gasteiger partial charge in [-0.05, 0) is 42.0 Å². The minimum absolute atomic E-state index is 0.0336. The van der Waals surface area contributed by atoms with Gasteiger partial charge in [0.2, 0.25) is 0 Å². The SMILES string of the molecule is C=Cc1ccc(NC(=O)Nc2ccc(-n3cnc4c(N(C)C(=O)O)ncnc43)cc2)cc1C(F)(F)F. The minimum Gasteiger partial charge on any atom is -0.465 e. The third-order valence-electron chi connectivity index (χ3n) is 5.16. The number of aromatic nitrogens is 4. The van der Waals surface area contributed by atoms with Gasteiger partial charge in [0.1, 0.15) is 12.7 Å². The number of amides is 3. The second-order valence-electron chi connectivity index (χ2n) is 7.46. The highest BCUT2D eigenvalue weighted by Gasteiger charge is 2.33. The second kappa shape index (κ2) is 9.37. The van der Waals surface area contributed by atoms with Crippen LogP contribution >= 0.6 is 0 Å². The smallest absolute Gasteiger partial charge is 0.417 e. The lowest BCUT2D eigenvalue weighted by Gasteiger charge is -2.14. The number of rotatable bonds is 5. The maximum absolute atomic E-state index is 13.2. The molecule has 0 atom stereocenters. The molecule has 2 aromatic heterocycles. The molecule has 0 aliphatic carbocycles. The molecule has 0 saturated carbocycles. The molecule has 184 valence electrons. The number of nitrogens with zero attached hydrogens (tertiary/aromatic N) is 5. The van der Waals surface area contributed by atoms with Crippen LogP contribution in [0.25, 0.3) is 22.9 Å². The first kappa shape index (κ1) is 24.2. The number of carbonyl (C=O) groups is 2. The van der Waals surface area contributed by atoms with E-state index >= 15 is 0 Å². The highest BCUT2D eigenvalue weighted by Crippen LogP contribution is 2.34. The Morgan fingerprint density at radius 2 is 1.72 bits per heavy atom. The molecule has 3 N–H and O–H groups in total. The minimum atomic E-state index is -4.60. The molecule has 36 heavy (non-hydrogen) atoms. The predicted molar refractivity (Wildman–Crippen MR) is 127 cm³/mol. The summed E-state index contributed by atoms with van der Waals surface area (Å²) in [6.45, 7) is 3.37. The molecule has 4 rings (SSSR count). The first-order valence-electron chi connectivity index (χ1n) is 10.3. The van der Waals surface area contributed by atoms with Gasteiger partial charge in [0.15, 0.2) is 17.0 Å². The highest BCUT2D eigenvalue weighted by molar-refractivity contribution is 6.00. The molecule has 0 unspecified atom stereocenters. The van der Waals surface area contributed by atoms with Crippen molar-refractivity contribution in [1.29, 1.82) is 0 Å². The summed E-state index contributed by atoms with van der Waals surface area (Å²) in [6.07, 6.45) is -2.03.